The van der Waals surface area contributed by atoms with E-state index in [1.165, 1.54) is 11.8 Å². The number of aliphatic carboxylic acids is 2. The van der Waals surface area contributed by atoms with Crippen LogP contribution in [0.5, 0.6) is 0 Å². The SMILES string of the molecule is CC(CN(CC(=O)O)CC(=O)N1CCCCC1)C(=O)O. The standard InChI is InChI=1S/C13H22N2O5/c1-10(13(19)20)7-14(9-12(17)18)8-11(16)15-5-3-2-4-6-15/h10H,2-9H2,1H3,(H,17,18)(H,19,20). The van der Waals surface area contributed by atoms with Gasteiger partial charge in [0.05, 0.1) is 19.0 Å². The third-order valence-electron chi connectivity index (χ3n) is 3.38. The smallest absolute Gasteiger partial charge is 0.317 e. The number of amides is 1. The van der Waals surface area contributed by atoms with Crippen LogP contribution in [0, 0.1) is 5.92 Å². The second kappa shape index (κ2) is 7.84. The Morgan fingerprint density at radius 2 is 1.70 bits per heavy atom. The van der Waals surface area contributed by atoms with Gasteiger partial charge in [-0.2, -0.15) is 0 Å². The van der Waals surface area contributed by atoms with E-state index in [2.05, 4.69) is 0 Å². The molecule has 0 radical (unpaired) electrons. The Kier molecular flexibility index (Phi) is 6.44. The predicted octanol–water partition coefficient (Wildman–Crippen LogP) is 0.106. The number of hydrogen-bond donors (Lipinski definition) is 2. The Morgan fingerprint density at radius 1 is 1.10 bits per heavy atom. The number of hydrogen-bond acceptors (Lipinski definition) is 4. The zero-order valence-corrected chi connectivity index (χ0v) is 11.7. The van der Waals surface area contributed by atoms with E-state index < -0.39 is 17.9 Å². The molecule has 0 aromatic heterocycles. The van der Waals surface area contributed by atoms with Crippen LogP contribution in [0.1, 0.15) is 26.2 Å². The highest BCUT2D eigenvalue weighted by Crippen LogP contribution is 2.10. The summed E-state index contributed by atoms with van der Waals surface area (Å²) in [4.78, 5) is 36.8. The topological polar surface area (TPSA) is 98.2 Å². The molecule has 1 heterocycles. The highest BCUT2D eigenvalue weighted by atomic mass is 16.4. The van der Waals surface area contributed by atoms with Gasteiger partial charge in [-0.1, -0.05) is 6.92 Å². The molecule has 2 N–H and O–H groups in total. The fourth-order valence-corrected chi connectivity index (χ4v) is 2.28. The van der Waals surface area contributed by atoms with E-state index >= 15 is 0 Å². The van der Waals surface area contributed by atoms with Crippen LogP contribution in [-0.4, -0.2) is 70.6 Å². The molecule has 0 saturated carbocycles. The first-order valence-corrected chi connectivity index (χ1v) is 6.85. The summed E-state index contributed by atoms with van der Waals surface area (Å²) in [6.07, 6.45) is 3.05. The highest BCUT2D eigenvalue weighted by molar-refractivity contribution is 5.79. The summed E-state index contributed by atoms with van der Waals surface area (Å²) in [5.74, 6) is -2.88. The molecular formula is C13H22N2O5. The molecule has 7 nitrogen and oxygen atoms in total. The lowest BCUT2D eigenvalue weighted by molar-refractivity contribution is -0.145. The maximum atomic E-state index is 12.1. The second-order valence-electron chi connectivity index (χ2n) is 5.24. The zero-order chi connectivity index (χ0) is 15.1. The van der Waals surface area contributed by atoms with Gasteiger partial charge in [-0.15, -0.1) is 0 Å². The Balaban J connectivity index is 2.56. The molecule has 0 aromatic carbocycles. The molecule has 0 aliphatic carbocycles. The number of carbonyl (C=O) groups excluding carboxylic acids is 1. The maximum absolute atomic E-state index is 12.1. The van der Waals surface area contributed by atoms with Crippen molar-refractivity contribution in [3.05, 3.63) is 0 Å². The van der Waals surface area contributed by atoms with Gasteiger partial charge in [0.1, 0.15) is 0 Å². The summed E-state index contributed by atoms with van der Waals surface area (Å²) < 4.78 is 0. The molecule has 0 aromatic rings. The van der Waals surface area contributed by atoms with Gasteiger partial charge in [-0.3, -0.25) is 19.3 Å². The number of likely N-dealkylation sites (tertiary alicyclic amines) is 1. The van der Waals surface area contributed by atoms with Crippen molar-refractivity contribution < 1.29 is 24.6 Å². The molecule has 1 aliphatic heterocycles. The summed E-state index contributed by atoms with van der Waals surface area (Å²) in [5, 5.41) is 17.7. The minimum atomic E-state index is -1.06. The summed E-state index contributed by atoms with van der Waals surface area (Å²) in [6.45, 7) is 2.60. The third kappa shape index (κ3) is 5.56. The van der Waals surface area contributed by atoms with E-state index in [1.807, 2.05) is 0 Å². The largest absolute Gasteiger partial charge is 0.481 e. The monoisotopic (exact) mass is 286 g/mol. The summed E-state index contributed by atoms with van der Waals surface area (Å²) in [5.41, 5.74) is 0. The average molecular weight is 286 g/mol. The van der Waals surface area contributed by atoms with Gasteiger partial charge < -0.3 is 15.1 Å². The number of carboxylic acid groups (broad SMARTS) is 2. The van der Waals surface area contributed by atoms with Crippen LogP contribution in [0.2, 0.25) is 0 Å². The van der Waals surface area contributed by atoms with Crippen molar-refractivity contribution in [2.24, 2.45) is 5.92 Å². The summed E-state index contributed by atoms with van der Waals surface area (Å²) in [6, 6.07) is 0. The highest BCUT2D eigenvalue weighted by Gasteiger charge is 2.23. The molecule has 20 heavy (non-hydrogen) atoms. The lowest BCUT2D eigenvalue weighted by atomic mass is 10.1. The molecule has 1 unspecified atom stereocenters. The minimum Gasteiger partial charge on any atom is -0.481 e. The number of carboxylic acids is 2. The molecule has 1 rings (SSSR count). The molecule has 1 amide bonds. The maximum Gasteiger partial charge on any atom is 0.317 e. The van der Waals surface area contributed by atoms with Crippen LogP contribution in [0.25, 0.3) is 0 Å². The fraction of sp³-hybridized carbons (Fsp3) is 0.769. The van der Waals surface area contributed by atoms with E-state index in [1.54, 1.807) is 4.90 Å². The molecule has 0 bridgehead atoms. The first-order valence-electron chi connectivity index (χ1n) is 6.85. The normalized spacial score (nSPS) is 17.0. The van der Waals surface area contributed by atoms with Crippen molar-refractivity contribution in [3.63, 3.8) is 0 Å². The van der Waals surface area contributed by atoms with Crippen molar-refractivity contribution in [2.45, 2.75) is 26.2 Å². The quantitative estimate of drug-likeness (QED) is 0.689. The number of rotatable bonds is 7. The van der Waals surface area contributed by atoms with Gasteiger partial charge in [0.15, 0.2) is 0 Å². The first kappa shape index (κ1) is 16.4. The molecule has 1 fully saturated rings. The van der Waals surface area contributed by atoms with Crippen molar-refractivity contribution in [3.8, 4) is 0 Å². The molecule has 114 valence electrons. The average Bonchev–Trinajstić information content (AvgIpc) is 2.38. The summed E-state index contributed by atoms with van der Waals surface area (Å²) >= 11 is 0. The van der Waals surface area contributed by atoms with E-state index in [0.29, 0.717) is 13.1 Å². The number of nitrogens with zero attached hydrogens (tertiary/aromatic N) is 2. The number of piperidine rings is 1. The van der Waals surface area contributed by atoms with E-state index in [4.69, 9.17) is 10.2 Å². The van der Waals surface area contributed by atoms with Crippen LogP contribution >= 0.6 is 0 Å². The first-order chi connectivity index (χ1) is 9.40. The third-order valence-corrected chi connectivity index (χ3v) is 3.38. The van der Waals surface area contributed by atoms with Gasteiger partial charge in [0, 0.05) is 19.6 Å². The van der Waals surface area contributed by atoms with Crippen LogP contribution < -0.4 is 0 Å². The Morgan fingerprint density at radius 3 is 2.20 bits per heavy atom. The van der Waals surface area contributed by atoms with Crippen molar-refractivity contribution in [1.29, 1.82) is 0 Å². The second-order valence-corrected chi connectivity index (χ2v) is 5.24. The Labute approximate surface area is 118 Å². The molecular weight excluding hydrogens is 264 g/mol. The minimum absolute atomic E-state index is 0.0378. The Hall–Kier alpha value is -1.63. The van der Waals surface area contributed by atoms with Crippen molar-refractivity contribution in [2.75, 3.05) is 32.7 Å². The molecule has 7 heteroatoms. The fourth-order valence-electron chi connectivity index (χ4n) is 2.28. The number of carbonyl (C=O) groups is 3. The molecule has 1 atom stereocenters. The molecule has 1 saturated heterocycles. The van der Waals surface area contributed by atoms with Gasteiger partial charge in [0.2, 0.25) is 5.91 Å². The summed E-state index contributed by atoms with van der Waals surface area (Å²) in [7, 11) is 0. The van der Waals surface area contributed by atoms with Gasteiger partial charge in [-0.05, 0) is 19.3 Å². The van der Waals surface area contributed by atoms with Crippen molar-refractivity contribution in [1.82, 2.24) is 9.80 Å². The van der Waals surface area contributed by atoms with Crippen LogP contribution in [0.15, 0.2) is 0 Å². The lowest BCUT2D eigenvalue weighted by Gasteiger charge is -2.30. The van der Waals surface area contributed by atoms with Crippen LogP contribution in [0.3, 0.4) is 0 Å². The van der Waals surface area contributed by atoms with Gasteiger partial charge >= 0.3 is 11.9 Å². The van der Waals surface area contributed by atoms with Gasteiger partial charge in [0.25, 0.3) is 0 Å². The van der Waals surface area contributed by atoms with E-state index in [0.717, 1.165) is 19.3 Å². The Bertz CT molecular complexity index is 366. The predicted molar refractivity (Wildman–Crippen MR) is 71.3 cm³/mol. The van der Waals surface area contributed by atoms with E-state index in [9.17, 15) is 14.4 Å². The lowest BCUT2D eigenvalue weighted by Crippen LogP contribution is -2.45. The van der Waals surface area contributed by atoms with Gasteiger partial charge in [-0.25, -0.2) is 0 Å². The van der Waals surface area contributed by atoms with E-state index in [-0.39, 0.29) is 25.5 Å². The van der Waals surface area contributed by atoms with Crippen molar-refractivity contribution >= 4 is 17.8 Å². The van der Waals surface area contributed by atoms with Crippen LogP contribution in [0.4, 0.5) is 0 Å². The molecule has 0 spiro atoms. The van der Waals surface area contributed by atoms with Crippen LogP contribution in [-0.2, 0) is 14.4 Å². The molecule has 1 aliphatic rings. The zero-order valence-electron chi connectivity index (χ0n) is 11.7.